The zero-order valence-electron chi connectivity index (χ0n) is 13.1. The molecule has 1 saturated carbocycles. The van der Waals surface area contributed by atoms with Crippen LogP contribution in [0.4, 0.5) is 4.79 Å². The van der Waals surface area contributed by atoms with Crippen LogP contribution in [0.15, 0.2) is 35.1 Å². The Morgan fingerprint density at radius 2 is 1.95 bits per heavy atom. The third kappa shape index (κ3) is 3.21. The number of ether oxygens (including phenoxy) is 2. The van der Waals surface area contributed by atoms with Gasteiger partial charge in [-0.25, -0.2) is 4.79 Å². The van der Waals surface area contributed by atoms with Crippen LogP contribution < -0.4 is 10.2 Å². The standard InChI is InChI=1S/C18H20O4/c1-18(2,3)22-17(20)21-16-14(6-4-5-7-15(16)19)13-9-11-8-12(11)10-13/h4-7,9,11-12H,8,10H2,1-3H3. The second-order valence-electron chi connectivity index (χ2n) is 6.95. The number of rotatable bonds is 2. The van der Waals surface area contributed by atoms with Gasteiger partial charge in [0.25, 0.3) is 0 Å². The van der Waals surface area contributed by atoms with Crippen molar-refractivity contribution in [1.29, 1.82) is 0 Å². The lowest BCUT2D eigenvalue weighted by molar-refractivity contribution is 0.0203. The van der Waals surface area contributed by atoms with E-state index >= 15 is 0 Å². The second kappa shape index (κ2) is 5.27. The predicted molar refractivity (Wildman–Crippen MR) is 83.8 cm³/mol. The fourth-order valence-electron chi connectivity index (χ4n) is 2.81. The predicted octanol–water partition coefficient (Wildman–Crippen LogP) is 3.78. The van der Waals surface area contributed by atoms with Crippen LogP contribution in [-0.2, 0) is 4.74 Å². The van der Waals surface area contributed by atoms with E-state index in [4.69, 9.17) is 9.47 Å². The zero-order valence-corrected chi connectivity index (χ0v) is 13.1. The molecule has 116 valence electrons. The first-order valence-corrected chi connectivity index (χ1v) is 7.59. The summed E-state index contributed by atoms with van der Waals surface area (Å²) in [5, 5.41) is 0. The highest BCUT2D eigenvalue weighted by molar-refractivity contribution is 5.76. The molecule has 0 aromatic heterocycles. The van der Waals surface area contributed by atoms with Gasteiger partial charge >= 0.3 is 6.16 Å². The summed E-state index contributed by atoms with van der Waals surface area (Å²) in [7, 11) is 0. The number of hydrogen-bond donors (Lipinski definition) is 0. The molecule has 0 N–H and O–H groups in total. The van der Waals surface area contributed by atoms with Crippen molar-refractivity contribution >= 4 is 11.7 Å². The van der Waals surface area contributed by atoms with Crippen LogP contribution in [0.25, 0.3) is 5.57 Å². The first-order chi connectivity index (χ1) is 10.3. The van der Waals surface area contributed by atoms with Gasteiger partial charge in [-0.3, -0.25) is 4.79 Å². The Labute approximate surface area is 129 Å². The van der Waals surface area contributed by atoms with Crippen molar-refractivity contribution in [2.24, 2.45) is 11.8 Å². The highest BCUT2D eigenvalue weighted by atomic mass is 16.7. The molecule has 1 aromatic rings. The fraction of sp³-hybridized carbons (Fsp3) is 0.444. The number of hydrogen-bond acceptors (Lipinski definition) is 4. The Morgan fingerprint density at radius 1 is 1.23 bits per heavy atom. The Hall–Kier alpha value is -2.10. The normalized spacial score (nSPS) is 22.6. The van der Waals surface area contributed by atoms with Crippen LogP contribution in [0.5, 0.6) is 5.75 Å². The molecular formula is C18H20O4. The first-order valence-electron chi connectivity index (χ1n) is 7.59. The molecule has 4 heteroatoms. The van der Waals surface area contributed by atoms with E-state index < -0.39 is 11.8 Å². The van der Waals surface area contributed by atoms with Gasteiger partial charge in [0, 0.05) is 5.56 Å². The van der Waals surface area contributed by atoms with Gasteiger partial charge in [0.2, 0.25) is 5.43 Å². The lowest BCUT2D eigenvalue weighted by Crippen LogP contribution is -2.27. The van der Waals surface area contributed by atoms with Crippen molar-refractivity contribution in [2.75, 3.05) is 0 Å². The number of fused-ring (bicyclic) bond motifs is 1. The molecule has 0 amide bonds. The van der Waals surface area contributed by atoms with Gasteiger partial charge in [0.05, 0.1) is 0 Å². The van der Waals surface area contributed by atoms with E-state index in [1.165, 1.54) is 12.5 Å². The average Bonchev–Trinajstić information content (AvgIpc) is 3.05. The fourth-order valence-corrected chi connectivity index (χ4v) is 2.81. The molecule has 3 rings (SSSR count). The van der Waals surface area contributed by atoms with Crippen LogP contribution in [0, 0.1) is 11.8 Å². The third-order valence-electron chi connectivity index (χ3n) is 3.89. The van der Waals surface area contributed by atoms with Crippen molar-refractivity contribution in [3.8, 4) is 5.75 Å². The van der Waals surface area contributed by atoms with Gasteiger partial charge in [0.1, 0.15) is 5.60 Å². The lowest BCUT2D eigenvalue weighted by atomic mass is 10.0. The number of carbonyl (C=O) groups excluding carboxylic acids is 1. The maximum Gasteiger partial charge on any atom is 0.514 e. The minimum atomic E-state index is -0.846. The summed E-state index contributed by atoms with van der Waals surface area (Å²) in [5.41, 5.74) is 0.819. The molecule has 1 fully saturated rings. The van der Waals surface area contributed by atoms with Crippen molar-refractivity contribution in [1.82, 2.24) is 0 Å². The van der Waals surface area contributed by atoms with E-state index in [-0.39, 0.29) is 11.2 Å². The summed E-state index contributed by atoms with van der Waals surface area (Å²) in [6, 6.07) is 6.69. The lowest BCUT2D eigenvalue weighted by Gasteiger charge is -2.19. The monoisotopic (exact) mass is 300 g/mol. The van der Waals surface area contributed by atoms with E-state index in [1.807, 2.05) is 6.07 Å². The molecule has 2 aliphatic rings. The summed E-state index contributed by atoms with van der Waals surface area (Å²) < 4.78 is 10.4. The van der Waals surface area contributed by atoms with E-state index in [2.05, 4.69) is 6.08 Å². The van der Waals surface area contributed by atoms with Crippen molar-refractivity contribution in [2.45, 2.75) is 39.2 Å². The number of carbonyl (C=O) groups is 1. The summed E-state index contributed by atoms with van der Waals surface area (Å²) in [6.07, 6.45) is 3.52. The molecule has 22 heavy (non-hydrogen) atoms. The Balaban J connectivity index is 1.93. The van der Waals surface area contributed by atoms with Crippen LogP contribution in [0.2, 0.25) is 0 Å². The molecule has 0 spiro atoms. The smallest absolute Gasteiger partial charge is 0.428 e. The van der Waals surface area contributed by atoms with Crippen LogP contribution in [0.3, 0.4) is 0 Å². The maximum absolute atomic E-state index is 12.2. The minimum absolute atomic E-state index is 0.0619. The van der Waals surface area contributed by atoms with Gasteiger partial charge in [0.15, 0.2) is 5.75 Å². The second-order valence-corrected chi connectivity index (χ2v) is 6.95. The molecule has 4 nitrogen and oxygen atoms in total. The summed E-state index contributed by atoms with van der Waals surface area (Å²) in [6.45, 7) is 5.27. The summed E-state index contributed by atoms with van der Waals surface area (Å²) >= 11 is 0. The largest absolute Gasteiger partial charge is 0.514 e. The molecule has 2 unspecified atom stereocenters. The molecule has 2 atom stereocenters. The van der Waals surface area contributed by atoms with Gasteiger partial charge < -0.3 is 9.47 Å². The zero-order chi connectivity index (χ0) is 15.9. The summed E-state index contributed by atoms with van der Waals surface area (Å²) in [5.74, 6) is 1.39. The van der Waals surface area contributed by atoms with Crippen LogP contribution in [-0.4, -0.2) is 11.8 Å². The Kier molecular flexibility index (Phi) is 3.55. The van der Waals surface area contributed by atoms with Crippen molar-refractivity contribution < 1.29 is 14.3 Å². The molecule has 1 aromatic carbocycles. The van der Waals surface area contributed by atoms with Gasteiger partial charge in [-0.1, -0.05) is 24.3 Å². The topological polar surface area (TPSA) is 52.6 Å². The SMILES string of the molecule is CC(C)(C)OC(=O)Oc1c(C2=CC3CC3C2)ccccc1=O. The molecule has 0 aliphatic heterocycles. The average molecular weight is 300 g/mol. The van der Waals surface area contributed by atoms with E-state index in [9.17, 15) is 9.59 Å². The molecule has 2 aliphatic carbocycles. The molecule has 0 radical (unpaired) electrons. The Morgan fingerprint density at radius 3 is 2.59 bits per heavy atom. The van der Waals surface area contributed by atoms with E-state index in [0.717, 1.165) is 12.0 Å². The van der Waals surface area contributed by atoms with Crippen LogP contribution in [0.1, 0.15) is 39.2 Å². The third-order valence-corrected chi connectivity index (χ3v) is 3.89. The van der Waals surface area contributed by atoms with Gasteiger partial charge in [-0.05, 0) is 57.1 Å². The van der Waals surface area contributed by atoms with E-state index in [0.29, 0.717) is 17.4 Å². The maximum atomic E-state index is 12.2. The summed E-state index contributed by atoms with van der Waals surface area (Å²) in [4.78, 5) is 24.2. The molecular weight excluding hydrogens is 280 g/mol. The minimum Gasteiger partial charge on any atom is -0.428 e. The molecule has 0 heterocycles. The van der Waals surface area contributed by atoms with Crippen molar-refractivity contribution in [3.05, 3.63) is 46.1 Å². The molecule has 0 bridgehead atoms. The van der Waals surface area contributed by atoms with Gasteiger partial charge in [-0.15, -0.1) is 0 Å². The highest BCUT2D eigenvalue weighted by Gasteiger charge is 2.41. The number of allylic oxidation sites excluding steroid dienone is 2. The van der Waals surface area contributed by atoms with Crippen LogP contribution >= 0.6 is 0 Å². The van der Waals surface area contributed by atoms with Crippen molar-refractivity contribution in [3.63, 3.8) is 0 Å². The van der Waals surface area contributed by atoms with E-state index in [1.54, 1.807) is 32.9 Å². The Bertz CT molecular complexity index is 697. The quantitative estimate of drug-likeness (QED) is 0.780. The van der Waals surface area contributed by atoms with Gasteiger partial charge in [-0.2, -0.15) is 0 Å². The highest BCUT2D eigenvalue weighted by Crippen LogP contribution is 2.53. The molecule has 0 saturated heterocycles. The first kappa shape index (κ1) is 14.8.